The number of hydrogen-bond acceptors (Lipinski definition) is 3. The first-order valence-electron chi connectivity index (χ1n) is 2.80. The Morgan fingerprint density at radius 3 is 2.88 bits per heavy atom. The topological polar surface area (TPSA) is 50.1 Å². The van der Waals surface area contributed by atoms with Crippen LogP contribution in [-0.2, 0) is 0 Å². The molecule has 0 amide bonds. The lowest BCUT2D eigenvalue weighted by Gasteiger charge is -2.04. The van der Waals surface area contributed by atoms with Crippen LogP contribution in [0.5, 0.6) is 0 Å². The Kier molecular flexibility index (Phi) is 1.39. The van der Waals surface area contributed by atoms with Crippen molar-refractivity contribution >= 4 is 0 Å². The van der Waals surface area contributed by atoms with E-state index in [2.05, 4.69) is 17.6 Å². The van der Waals surface area contributed by atoms with Crippen molar-refractivity contribution in [2.75, 3.05) is 0 Å². The van der Waals surface area contributed by atoms with Gasteiger partial charge in [-0.05, 0) is 6.42 Å². The predicted octanol–water partition coefficient (Wildman–Crippen LogP) is -0.327. The van der Waals surface area contributed by atoms with Gasteiger partial charge in [-0.3, -0.25) is 5.73 Å². The van der Waals surface area contributed by atoms with Crippen LogP contribution in [0.2, 0.25) is 0 Å². The second-order valence-corrected chi connectivity index (χ2v) is 1.81. The largest absolute Gasteiger partial charge is 0.358 e. The third-order valence-electron chi connectivity index (χ3n) is 1.16. The Morgan fingerprint density at radius 1 is 1.88 bits per heavy atom. The Bertz CT molecular complexity index is 108. The van der Waals surface area contributed by atoms with Crippen LogP contribution in [0.1, 0.15) is 13.3 Å². The quantitative estimate of drug-likeness (QED) is 0.436. The van der Waals surface area contributed by atoms with Crippen molar-refractivity contribution in [3.05, 3.63) is 11.9 Å². The standard InChI is InChI=1S/C5H11N3/c1-2-4-3-7-5(6)8-4/h3,5,7-8H,2,6H2,1H3. The summed E-state index contributed by atoms with van der Waals surface area (Å²) < 4.78 is 0. The third kappa shape index (κ3) is 0.924. The smallest absolute Gasteiger partial charge is 0.149 e. The molecule has 0 saturated carbocycles. The number of rotatable bonds is 1. The van der Waals surface area contributed by atoms with E-state index in [9.17, 15) is 0 Å². The van der Waals surface area contributed by atoms with E-state index in [-0.39, 0.29) is 6.29 Å². The molecule has 46 valence electrons. The van der Waals surface area contributed by atoms with E-state index in [0.29, 0.717) is 0 Å². The fraction of sp³-hybridized carbons (Fsp3) is 0.600. The Balaban J connectivity index is 2.37. The van der Waals surface area contributed by atoms with Crippen molar-refractivity contribution in [1.82, 2.24) is 10.6 Å². The molecule has 0 radical (unpaired) electrons. The number of allylic oxidation sites excluding steroid dienone is 1. The van der Waals surface area contributed by atoms with Gasteiger partial charge >= 0.3 is 0 Å². The predicted molar refractivity (Wildman–Crippen MR) is 32.6 cm³/mol. The summed E-state index contributed by atoms with van der Waals surface area (Å²) in [5.41, 5.74) is 6.60. The zero-order valence-electron chi connectivity index (χ0n) is 4.94. The van der Waals surface area contributed by atoms with E-state index in [1.165, 1.54) is 5.70 Å². The van der Waals surface area contributed by atoms with Crippen LogP contribution in [0.25, 0.3) is 0 Å². The zero-order chi connectivity index (χ0) is 5.98. The Labute approximate surface area is 48.9 Å². The average molecular weight is 113 g/mol. The molecule has 4 N–H and O–H groups in total. The highest BCUT2D eigenvalue weighted by atomic mass is 15.3. The molecule has 0 bridgehead atoms. The normalized spacial score (nSPS) is 26.2. The summed E-state index contributed by atoms with van der Waals surface area (Å²) in [4.78, 5) is 0. The number of nitrogens with two attached hydrogens (primary N) is 1. The number of nitrogens with one attached hydrogen (secondary N) is 2. The molecule has 3 heteroatoms. The van der Waals surface area contributed by atoms with Gasteiger partial charge in [0.25, 0.3) is 0 Å². The van der Waals surface area contributed by atoms with Crippen LogP contribution in [0.15, 0.2) is 11.9 Å². The van der Waals surface area contributed by atoms with Crippen molar-refractivity contribution < 1.29 is 0 Å². The van der Waals surface area contributed by atoms with Gasteiger partial charge in [0.2, 0.25) is 0 Å². The van der Waals surface area contributed by atoms with Gasteiger partial charge in [-0.1, -0.05) is 6.92 Å². The second kappa shape index (κ2) is 2.05. The van der Waals surface area contributed by atoms with Crippen molar-refractivity contribution in [3.8, 4) is 0 Å². The van der Waals surface area contributed by atoms with Crippen LogP contribution in [-0.4, -0.2) is 6.29 Å². The molecule has 1 aliphatic heterocycles. The number of hydrogen-bond donors (Lipinski definition) is 3. The molecular weight excluding hydrogens is 102 g/mol. The lowest BCUT2D eigenvalue weighted by molar-refractivity contribution is 0.578. The third-order valence-corrected chi connectivity index (χ3v) is 1.16. The molecule has 0 aliphatic carbocycles. The van der Waals surface area contributed by atoms with Crippen LogP contribution in [0.4, 0.5) is 0 Å². The van der Waals surface area contributed by atoms with Crippen LogP contribution in [0.3, 0.4) is 0 Å². The fourth-order valence-corrected chi connectivity index (χ4v) is 0.678. The maximum atomic E-state index is 5.43. The highest BCUT2D eigenvalue weighted by Crippen LogP contribution is 1.97. The summed E-state index contributed by atoms with van der Waals surface area (Å²) in [7, 11) is 0. The van der Waals surface area contributed by atoms with Crippen LogP contribution < -0.4 is 16.4 Å². The molecule has 0 aromatic carbocycles. The zero-order valence-corrected chi connectivity index (χ0v) is 4.94. The van der Waals surface area contributed by atoms with Gasteiger partial charge < -0.3 is 10.6 Å². The first kappa shape index (κ1) is 5.44. The highest BCUT2D eigenvalue weighted by molar-refractivity contribution is 5.04. The molecule has 1 aliphatic rings. The first-order chi connectivity index (χ1) is 3.83. The van der Waals surface area contributed by atoms with Gasteiger partial charge in [-0.25, -0.2) is 0 Å². The van der Waals surface area contributed by atoms with Crippen molar-refractivity contribution in [2.24, 2.45) is 5.73 Å². The average Bonchev–Trinajstić information content (AvgIpc) is 2.14. The summed E-state index contributed by atoms with van der Waals surface area (Å²) >= 11 is 0. The molecule has 1 rings (SSSR count). The van der Waals surface area contributed by atoms with Gasteiger partial charge in [0.05, 0.1) is 0 Å². The van der Waals surface area contributed by atoms with E-state index >= 15 is 0 Å². The maximum absolute atomic E-state index is 5.43. The van der Waals surface area contributed by atoms with Crippen LogP contribution in [0, 0.1) is 0 Å². The highest BCUT2D eigenvalue weighted by Gasteiger charge is 2.05. The molecule has 8 heavy (non-hydrogen) atoms. The van der Waals surface area contributed by atoms with Gasteiger partial charge in [0.15, 0.2) is 0 Å². The molecule has 3 nitrogen and oxygen atoms in total. The van der Waals surface area contributed by atoms with Gasteiger partial charge in [-0.2, -0.15) is 0 Å². The first-order valence-corrected chi connectivity index (χ1v) is 2.80. The molecule has 0 aromatic rings. The Morgan fingerprint density at radius 2 is 2.62 bits per heavy atom. The summed E-state index contributed by atoms with van der Waals surface area (Å²) in [6, 6.07) is 0. The van der Waals surface area contributed by atoms with E-state index in [0.717, 1.165) is 6.42 Å². The minimum Gasteiger partial charge on any atom is -0.358 e. The molecule has 1 atom stereocenters. The summed E-state index contributed by atoms with van der Waals surface area (Å²) in [6.07, 6.45) is 2.86. The molecule has 1 heterocycles. The Hall–Kier alpha value is -0.700. The van der Waals surface area contributed by atoms with Crippen molar-refractivity contribution in [1.29, 1.82) is 0 Å². The fourth-order valence-electron chi connectivity index (χ4n) is 0.678. The molecule has 0 spiro atoms. The van der Waals surface area contributed by atoms with Gasteiger partial charge in [0, 0.05) is 11.9 Å². The molecule has 1 unspecified atom stereocenters. The summed E-state index contributed by atoms with van der Waals surface area (Å²) in [5, 5.41) is 5.96. The lowest BCUT2D eigenvalue weighted by atomic mass is 10.4. The van der Waals surface area contributed by atoms with Crippen molar-refractivity contribution in [3.63, 3.8) is 0 Å². The van der Waals surface area contributed by atoms with E-state index in [1.807, 2.05) is 6.20 Å². The van der Waals surface area contributed by atoms with Gasteiger partial charge in [-0.15, -0.1) is 0 Å². The van der Waals surface area contributed by atoms with E-state index in [4.69, 9.17) is 5.73 Å². The SMILES string of the molecule is CCC1=CNC(N)N1. The molecule has 0 saturated heterocycles. The molecule has 0 fully saturated rings. The summed E-state index contributed by atoms with van der Waals surface area (Å²) in [5.74, 6) is 0. The second-order valence-electron chi connectivity index (χ2n) is 1.81. The van der Waals surface area contributed by atoms with E-state index < -0.39 is 0 Å². The lowest BCUT2D eigenvalue weighted by Crippen LogP contribution is -2.40. The summed E-state index contributed by atoms with van der Waals surface area (Å²) in [6.45, 7) is 2.08. The van der Waals surface area contributed by atoms with Crippen molar-refractivity contribution in [2.45, 2.75) is 19.6 Å². The van der Waals surface area contributed by atoms with Crippen LogP contribution >= 0.6 is 0 Å². The van der Waals surface area contributed by atoms with Gasteiger partial charge in [0.1, 0.15) is 6.29 Å². The molecule has 0 aromatic heterocycles. The van der Waals surface area contributed by atoms with E-state index in [1.54, 1.807) is 0 Å². The minimum absolute atomic E-state index is 0.0649. The molecular formula is C5H11N3. The maximum Gasteiger partial charge on any atom is 0.149 e. The monoisotopic (exact) mass is 113 g/mol. The minimum atomic E-state index is -0.0649.